The number of hydrazine groups is 1. The summed E-state index contributed by atoms with van der Waals surface area (Å²) in [4.78, 5) is 23.9. The van der Waals surface area contributed by atoms with Gasteiger partial charge in [-0.3, -0.25) is 20.4 Å². The molecular formula is C18H18N2O4. The Bertz CT molecular complexity index is 756. The van der Waals surface area contributed by atoms with E-state index in [0.29, 0.717) is 17.1 Å². The standard InChI is InChI=1S/C18H18N2O4/c1-23-15-9-5-3-7-13(15)11-12-17(21)19-20-18(22)14-8-4-6-10-16(14)24-2/h3-12H,1-2H3,(H,19,21)(H,20,22). The van der Waals surface area contributed by atoms with Crippen molar-refractivity contribution in [3.63, 3.8) is 0 Å². The zero-order valence-electron chi connectivity index (χ0n) is 13.4. The molecule has 2 N–H and O–H groups in total. The first-order valence-corrected chi connectivity index (χ1v) is 7.20. The maximum absolute atomic E-state index is 12.1. The molecule has 0 saturated heterocycles. The molecule has 0 aliphatic carbocycles. The quantitative estimate of drug-likeness (QED) is 0.652. The lowest BCUT2D eigenvalue weighted by Crippen LogP contribution is -2.40. The van der Waals surface area contributed by atoms with Crippen LogP contribution >= 0.6 is 0 Å². The average molecular weight is 326 g/mol. The molecule has 6 nitrogen and oxygen atoms in total. The highest BCUT2D eigenvalue weighted by molar-refractivity contribution is 5.99. The number of benzene rings is 2. The van der Waals surface area contributed by atoms with Crippen molar-refractivity contribution in [2.24, 2.45) is 0 Å². The first-order chi connectivity index (χ1) is 11.7. The fourth-order valence-corrected chi connectivity index (χ4v) is 2.03. The molecule has 24 heavy (non-hydrogen) atoms. The Morgan fingerprint density at radius 3 is 2.21 bits per heavy atom. The normalized spacial score (nSPS) is 10.2. The van der Waals surface area contributed by atoms with Crippen LogP contribution < -0.4 is 20.3 Å². The van der Waals surface area contributed by atoms with Gasteiger partial charge >= 0.3 is 0 Å². The molecule has 0 heterocycles. The summed E-state index contributed by atoms with van der Waals surface area (Å²) in [5.41, 5.74) is 5.74. The van der Waals surface area contributed by atoms with Crippen LogP contribution in [-0.2, 0) is 4.79 Å². The number of hydrogen-bond acceptors (Lipinski definition) is 4. The molecule has 0 radical (unpaired) electrons. The van der Waals surface area contributed by atoms with Gasteiger partial charge in [-0.1, -0.05) is 30.3 Å². The molecule has 2 aromatic carbocycles. The molecule has 0 atom stereocenters. The number of rotatable bonds is 5. The Labute approximate surface area is 140 Å². The monoisotopic (exact) mass is 326 g/mol. The van der Waals surface area contributed by atoms with E-state index < -0.39 is 11.8 Å². The number of hydrogen-bond donors (Lipinski definition) is 2. The van der Waals surface area contributed by atoms with Crippen molar-refractivity contribution in [1.82, 2.24) is 10.9 Å². The van der Waals surface area contributed by atoms with Crippen LogP contribution in [0.3, 0.4) is 0 Å². The maximum atomic E-state index is 12.1. The van der Waals surface area contributed by atoms with E-state index in [2.05, 4.69) is 10.9 Å². The molecule has 0 aliphatic heterocycles. The molecular weight excluding hydrogens is 308 g/mol. The van der Waals surface area contributed by atoms with Crippen molar-refractivity contribution in [2.75, 3.05) is 14.2 Å². The number of ether oxygens (including phenoxy) is 2. The van der Waals surface area contributed by atoms with Gasteiger partial charge in [-0.2, -0.15) is 0 Å². The highest BCUT2D eigenvalue weighted by atomic mass is 16.5. The second kappa shape index (κ2) is 8.38. The fourth-order valence-electron chi connectivity index (χ4n) is 2.03. The lowest BCUT2D eigenvalue weighted by atomic mass is 10.2. The van der Waals surface area contributed by atoms with Gasteiger partial charge in [0.15, 0.2) is 0 Å². The minimum atomic E-state index is -0.468. The average Bonchev–Trinajstić information content (AvgIpc) is 2.64. The summed E-state index contributed by atoms with van der Waals surface area (Å²) in [6.07, 6.45) is 2.91. The van der Waals surface area contributed by atoms with E-state index in [-0.39, 0.29) is 0 Å². The van der Waals surface area contributed by atoms with E-state index in [1.54, 1.807) is 43.5 Å². The van der Waals surface area contributed by atoms with Crippen LogP contribution in [0.1, 0.15) is 15.9 Å². The molecule has 124 valence electrons. The van der Waals surface area contributed by atoms with Gasteiger partial charge in [0, 0.05) is 11.6 Å². The van der Waals surface area contributed by atoms with Crippen LogP contribution in [0.25, 0.3) is 6.08 Å². The Morgan fingerprint density at radius 1 is 0.875 bits per heavy atom. The number of amides is 2. The molecule has 0 spiro atoms. The number of methoxy groups -OCH3 is 2. The summed E-state index contributed by atoms with van der Waals surface area (Å²) >= 11 is 0. The Kier molecular flexibility index (Phi) is 5.96. The number of nitrogens with one attached hydrogen (secondary N) is 2. The van der Waals surface area contributed by atoms with E-state index in [9.17, 15) is 9.59 Å². The molecule has 0 unspecified atom stereocenters. The molecule has 0 bridgehead atoms. The van der Waals surface area contributed by atoms with Crippen molar-refractivity contribution in [3.8, 4) is 11.5 Å². The predicted octanol–water partition coefficient (Wildman–Crippen LogP) is 2.18. The van der Waals surface area contributed by atoms with Crippen molar-refractivity contribution in [2.45, 2.75) is 0 Å². The molecule has 2 amide bonds. The number of para-hydroxylation sites is 2. The Balaban J connectivity index is 1.95. The van der Waals surface area contributed by atoms with Gasteiger partial charge in [-0.15, -0.1) is 0 Å². The van der Waals surface area contributed by atoms with Crippen LogP contribution in [0.2, 0.25) is 0 Å². The minimum Gasteiger partial charge on any atom is -0.496 e. The first kappa shape index (κ1) is 17.1. The van der Waals surface area contributed by atoms with E-state index in [1.165, 1.54) is 13.2 Å². The summed E-state index contributed by atoms with van der Waals surface area (Å²) < 4.78 is 10.3. The van der Waals surface area contributed by atoms with Crippen molar-refractivity contribution >= 4 is 17.9 Å². The van der Waals surface area contributed by atoms with E-state index >= 15 is 0 Å². The molecule has 0 fully saturated rings. The first-order valence-electron chi connectivity index (χ1n) is 7.20. The van der Waals surface area contributed by atoms with Gasteiger partial charge in [-0.25, -0.2) is 0 Å². The zero-order chi connectivity index (χ0) is 17.4. The highest BCUT2D eigenvalue weighted by Crippen LogP contribution is 2.18. The van der Waals surface area contributed by atoms with Crippen molar-refractivity contribution < 1.29 is 19.1 Å². The summed E-state index contributed by atoms with van der Waals surface area (Å²) in [6, 6.07) is 14.0. The molecule has 0 aliphatic rings. The third-order valence-electron chi connectivity index (χ3n) is 3.20. The van der Waals surface area contributed by atoms with Gasteiger partial charge in [0.25, 0.3) is 11.8 Å². The minimum absolute atomic E-state index is 0.328. The second-order valence-corrected chi connectivity index (χ2v) is 4.72. The van der Waals surface area contributed by atoms with Crippen LogP contribution in [0.5, 0.6) is 11.5 Å². The SMILES string of the molecule is COc1ccccc1C=CC(=O)NNC(=O)c1ccccc1OC. The second-order valence-electron chi connectivity index (χ2n) is 4.72. The van der Waals surface area contributed by atoms with Gasteiger partial charge in [0.05, 0.1) is 19.8 Å². The lowest BCUT2D eigenvalue weighted by molar-refractivity contribution is -0.117. The summed E-state index contributed by atoms with van der Waals surface area (Å²) in [6.45, 7) is 0. The molecule has 0 aromatic heterocycles. The predicted molar refractivity (Wildman–Crippen MR) is 90.6 cm³/mol. The highest BCUT2D eigenvalue weighted by Gasteiger charge is 2.11. The van der Waals surface area contributed by atoms with Crippen molar-refractivity contribution in [3.05, 3.63) is 65.7 Å². The van der Waals surface area contributed by atoms with Gasteiger partial charge in [0.1, 0.15) is 11.5 Å². The fraction of sp³-hybridized carbons (Fsp3) is 0.111. The summed E-state index contributed by atoms with van der Waals surface area (Å²) in [5.74, 6) is 0.143. The topological polar surface area (TPSA) is 76.7 Å². The zero-order valence-corrected chi connectivity index (χ0v) is 13.4. The number of carbonyl (C=O) groups is 2. The smallest absolute Gasteiger partial charge is 0.273 e. The third-order valence-corrected chi connectivity index (χ3v) is 3.20. The summed E-state index contributed by atoms with van der Waals surface area (Å²) in [7, 11) is 3.03. The van der Waals surface area contributed by atoms with Crippen LogP contribution in [-0.4, -0.2) is 26.0 Å². The maximum Gasteiger partial charge on any atom is 0.273 e. The van der Waals surface area contributed by atoms with E-state index in [0.717, 1.165) is 5.56 Å². The van der Waals surface area contributed by atoms with Gasteiger partial charge in [0.2, 0.25) is 0 Å². The van der Waals surface area contributed by atoms with Gasteiger partial charge in [-0.05, 0) is 24.3 Å². The lowest BCUT2D eigenvalue weighted by Gasteiger charge is -2.09. The van der Waals surface area contributed by atoms with Crippen LogP contribution in [0.15, 0.2) is 54.6 Å². The van der Waals surface area contributed by atoms with Gasteiger partial charge < -0.3 is 9.47 Å². The Hall–Kier alpha value is -3.28. The van der Waals surface area contributed by atoms with Crippen molar-refractivity contribution in [1.29, 1.82) is 0 Å². The van der Waals surface area contributed by atoms with E-state index in [1.807, 2.05) is 18.2 Å². The summed E-state index contributed by atoms with van der Waals surface area (Å²) in [5, 5.41) is 0. The molecule has 2 rings (SSSR count). The Morgan fingerprint density at radius 2 is 1.50 bits per heavy atom. The van der Waals surface area contributed by atoms with Crippen LogP contribution in [0, 0.1) is 0 Å². The molecule has 2 aromatic rings. The number of carbonyl (C=O) groups excluding carboxylic acids is 2. The van der Waals surface area contributed by atoms with Crippen LogP contribution in [0.4, 0.5) is 0 Å². The third kappa shape index (κ3) is 4.36. The largest absolute Gasteiger partial charge is 0.496 e. The molecule has 6 heteroatoms. The van der Waals surface area contributed by atoms with E-state index in [4.69, 9.17) is 9.47 Å². The molecule has 0 saturated carbocycles.